The van der Waals surface area contributed by atoms with Crippen LogP contribution in [0.3, 0.4) is 0 Å². The van der Waals surface area contributed by atoms with Crippen LogP contribution in [0.2, 0.25) is 0 Å². The number of hydrogen-bond acceptors (Lipinski definition) is 3. The van der Waals surface area contributed by atoms with Crippen LogP contribution in [0.15, 0.2) is 52.3 Å². The Morgan fingerprint density at radius 2 is 1.88 bits per heavy atom. The van der Waals surface area contributed by atoms with E-state index in [-0.39, 0.29) is 0 Å². The van der Waals surface area contributed by atoms with E-state index in [1.807, 2.05) is 33.0 Å². The molecule has 0 saturated heterocycles. The van der Waals surface area contributed by atoms with Crippen molar-refractivity contribution in [2.75, 3.05) is 20.6 Å². The molecule has 0 aromatic heterocycles. The molecule has 0 aromatic carbocycles. The molecule has 0 atom stereocenters. The van der Waals surface area contributed by atoms with E-state index in [1.165, 1.54) is 0 Å². The lowest BCUT2D eigenvalue weighted by molar-refractivity contribution is 0.299. The second kappa shape index (κ2) is 12.5. The summed E-state index contributed by atoms with van der Waals surface area (Å²) in [5, 5.41) is 3.20. The van der Waals surface area contributed by atoms with E-state index < -0.39 is 0 Å². The minimum absolute atomic E-state index is 0.444. The van der Waals surface area contributed by atoms with Crippen molar-refractivity contribution in [2.45, 2.75) is 54.0 Å². The maximum Gasteiger partial charge on any atom is 0.130 e. The highest BCUT2D eigenvalue weighted by molar-refractivity contribution is 5.98. The molecule has 25 heavy (non-hydrogen) atoms. The lowest BCUT2D eigenvalue weighted by Crippen LogP contribution is -2.34. The van der Waals surface area contributed by atoms with Crippen molar-refractivity contribution in [3.05, 3.63) is 47.3 Å². The first-order valence-corrected chi connectivity index (χ1v) is 9.14. The van der Waals surface area contributed by atoms with Crippen molar-refractivity contribution < 1.29 is 0 Å². The fourth-order valence-corrected chi connectivity index (χ4v) is 2.04. The smallest absolute Gasteiger partial charge is 0.130 e. The number of allylic oxidation sites excluding steroid dienone is 6. The molecule has 0 aliphatic carbocycles. The summed E-state index contributed by atoms with van der Waals surface area (Å²) in [7, 11) is 4.01. The largest absolute Gasteiger partial charge is 0.391 e. The Kier molecular flexibility index (Phi) is 11.6. The van der Waals surface area contributed by atoms with Gasteiger partial charge in [-0.15, -0.1) is 0 Å². The predicted molar refractivity (Wildman–Crippen MR) is 113 cm³/mol. The van der Waals surface area contributed by atoms with Gasteiger partial charge in [0.15, 0.2) is 0 Å². The Morgan fingerprint density at radius 3 is 2.36 bits per heavy atom. The van der Waals surface area contributed by atoms with E-state index in [0.29, 0.717) is 17.8 Å². The van der Waals surface area contributed by atoms with Gasteiger partial charge in [-0.25, -0.2) is 4.99 Å². The maximum absolute atomic E-state index is 6.36. The van der Waals surface area contributed by atoms with Crippen LogP contribution in [0.5, 0.6) is 0 Å². The fourth-order valence-electron chi connectivity index (χ4n) is 2.04. The van der Waals surface area contributed by atoms with Crippen molar-refractivity contribution in [1.82, 2.24) is 10.2 Å². The van der Waals surface area contributed by atoms with Crippen LogP contribution in [0.1, 0.15) is 48.0 Å². The molecule has 4 nitrogen and oxygen atoms in total. The van der Waals surface area contributed by atoms with Gasteiger partial charge in [0.05, 0.1) is 5.70 Å². The number of aliphatic imine (C=N–C) groups is 1. The average molecular weight is 347 g/mol. The average Bonchev–Trinajstić information content (AvgIpc) is 2.55. The molecular formula is C21H38N4. The molecular weight excluding hydrogens is 308 g/mol. The maximum atomic E-state index is 6.36. The van der Waals surface area contributed by atoms with Crippen molar-refractivity contribution in [3.8, 4) is 0 Å². The molecule has 0 amide bonds. The standard InChI is InChI=1S/C21H38N4/c1-9-12-19(14-11-10-13-16(2)3)24-21(22)20(18(6)23-7)15-25(8)17(4)5/h9-10,12-14,16-17,23H,11,15H2,1-8H3,(H2,22,24)/b12-9-,13-10+,19-14+,20-18?. The van der Waals surface area contributed by atoms with Crippen molar-refractivity contribution in [2.24, 2.45) is 16.6 Å². The summed E-state index contributed by atoms with van der Waals surface area (Å²) in [5.41, 5.74) is 9.33. The summed E-state index contributed by atoms with van der Waals surface area (Å²) in [5.74, 6) is 1.13. The van der Waals surface area contributed by atoms with Crippen molar-refractivity contribution >= 4 is 5.84 Å². The molecule has 142 valence electrons. The number of nitrogens with one attached hydrogen (secondary N) is 1. The summed E-state index contributed by atoms with van der Waals surface area (Å²) < 4.78 is 0. The van der Waals surface area contributed by atoms with Gasteiger partial charge in [-0.3, -0.25) is 4.90 Å². The zero-order chi connectivity index (χ0) is 19.4. The SMILES string of the molecule is C/C=C\C(=C/C/C=C/C(C)C)N=C(N)C(CN(C)C(C)C)=C(C)NC. The molecule has 0 radical (unpaired) electrons. The van der Waals surface area contributed by atoms with E-state index in [4.69, 9.17) is 5.73 Å². The normalized spacial score (nSPS) is 15.2. The van der Waals surface area contributed by atoms with Gasteiger partial charge in [-0.05, 0) is 53.2 Å². The molecule has 0 aliphatic rings. The van der Waals surface area contributed by atoms with Crippen molar-refractivity contribution in [3.63, 3.8) is 0 Å². The minimum Gasteiger partial charge on any atom is -0.391 e. The van der Waals surface area contributed by atoms with Gasteiger partial charge in [0, 0.05) is 30.9 Å². The third kappa shape index (κ3) is 9.92. The van der Waals surface area contributed by atoms with Gasteiger partial charge in [-0.2, -0.15) is 0 Å². The highest BCUT2D eigenvalue weighted by atomic mass is 15.1. The van der Waals surface area contributed by atoms with Crippen LogP contribution in [-0.2, 0) is 0 Å². The highest BCUT2D eigenvalue weighted by Gasteiger charge is 2.13. The highest BCUT2D eigenvalue weighted by Crippen LogP contribution is 2.10. The molecule has 0 bridgehead atoms. The monoisotopic (exact) mass is 346 g/mol. The van der Waals surface area contributed by atoms with E-state index in [0.717, 1.165) is 29.9 Å². The lowest BCUT2D eigenvalue weighted by atomic mass is 10.1. The number of nitrogens with two attached hydrogens (primary N) is 1. The van der Waals surface area contributed by atoms with Crippen LogP contribution in [0.4, 0.5) is 0 Å². The second-order valence-electron chi connectivity index (χ2n) is 6.90. The van der Waals surface area contributed by atoms with Gasteiger partial charge in [0.1, 0.15) is 5.84 Å². The first kappa shape index (κ1) is 23.2. The molecule has 0 aliphatic heterocycles. The zero-order valence-electron chi connectivity index (χ0n) is 17.4. The van der Waals surface area contributed by atoms with E-state index in [1.54, 1.807) is 0 Å². The number of rotatable bonds is 10. The Morgan fingerprint density at radius 1 is 1.24 bits per heavy atom. The van der Waals surface area contributed by atoms with E-state index >= 15 is 0 Å². The first-order valence-electron chi connectivity index (χ1n) is 9.14. The Labute approximate surface area is 155 Å². The zero-order valence-corrected chi connectivity index (χ0v) is 17.4. The van der Waals surface area contributed by atoms with Crippen LogP contribution in [-0.4, -0.2) is 37.4 Å². The topological polar surface area (TPSA) is 53.6 Å². The molecule has 0 fully saturated rings. The summed E-state index contributed by atoms with van der Waals surface area (Å²) in [6.07, 6.45) is 11.3. The second-order valence-corrected chi connectivity index (χ2v) is 6.90. The third-order valence-electron chi connectivity index (χ3n) is 4.00. The summed E-state index contributed by atoms with van der Waals surface area (Å²) in [6, 6.07) is 0.444. The van der Waals surface area contributed by atoms with E-state index in [9.17, 15) is 0 Å². The Hall–Kier alpha value is -1.81. The first-order chi connectivity index (χ1) is 11.7. The van der Waals surface area contributed by atoms with Gasteiger partial charge in [0.25, 0.3) is 0 Å². The summed E-state index contributed by atoms with van der Waals surface area (Å²) in [6.45, 7) is 13.5. The number of amidine groups is 1. The van der Waals surface area contributed by atoms with Gasteiger partial charge >= 0.3 is 0 Å². The number of nitrogens with zero attached hydrogens (tertiary/aromatic N) is 2. The van der Waals surface area contributed by atoms with Gasteiger partial charge in [-0.1, -0.05) is 38.2 Å². The lowest BCUT2D eigenvalue weighted by Gasteiger charge is -2.24. The Balaban J connectivity index is 5.52. The van der Waals surface area contributed by atoms with Crippen molar-refractivity contribution in [1.29, 1.82) is 0 Å². The molecule has 0 aromatic rings. The quantitative estimate of drug-likeness (QED) is 0.269. The fraction of sp³-hybridized carbons (Fsp3) is 0.571. The van der Waals surface area contributed by atoms with Crippen LogP contribution >= 0.6 is 0 Å². The molecule has 4 heteroatoms. The summed E-state index contributed by atoms with van der Waals surface area (Å²) >= 11 is 0. The Bertz CT molecular complexity index is 534. The number of likely N-dealkylation sites (N-methyl/N-ethyl adjacent to an activating group) is 1. The van der Waals surface area contributed by atoms with Crippen LogP contribution in [0, 0.1) is 5.92 Å². The van der Waals surface area contributed by atoms with Crippen LogP contribution < -0.4 is 11.1 Å². The predicted octanol–water partition coefficient (Wildman–Crippen LogP) is 4.24. The number of hydrogen-bond donors (Lipinski definition) is 2. The summed E-state index contributed by atoms with van der Waals surface area (Å²) in [4.78, 5) is 6.93. The van der Waals surface area contributed by atoms with Gasteiger partial charge in [0.2, 0.25) is 0 Å². The van der Waals surface area contributed by atoms with Crippen LogP contribution in [0.25, 0.3) is 0 Å². The van der Waals surface area contributed by atoms with E-state index in [2.05, 4.69) is 68.2 Å². The third-order valence-corrected chi connectivity index (χ3v) is 4.00. The molecule has 0 spiro atoms. The van der Waals surface area contributed by atoms with Gasteiger partial charge < -0.3 is 11.1 Å². The molecule has 0 saturated carbocycles. The molecule has 0 rings (SSSR count). The molecule has 0 unspecified atom stereocenters. The molecule has 0 heterocycles. The molecule has 3 N–H and O–H groups in total. The minimum atomic E-state index is 0.444.